The monoisotopic (exact) mass is 342 g/mol. The zero-order valence-corrected chi connectivity index (χ0v) is 14.3. The largest absolute Gasteiger partial charge is 0.387 e. The van der Waals surface area contributed by atoms with E-state index in [1.165, 1.54) is 0 Å². The average Bonchev–Trinajstić information content (AvgIpc) is 3.24. The summed E-state index contributed by atoms with van der Waals surface area (Å²) >= 11 is 0. The Balaban J connectivity index is 1.58. The predicted octanol–water partition coefficient (Wildman–Crippen LogP) is 1.16. The van der Waals surface area contributed by atoms with Gasteiger partial charge in [-0.15, -0.1) is 0 Å². The van der Waals surface area contributed by atoms with Crippen molar-refractivity contribution in [2.75, 3.05) is 6.54 Å². The Kier molecular flexibility index (Phi) is 3.95. The van der Waals surface area contributed by atoms with Gasteiger partial charge in [0.05, 0.1) is 30.6 Å². The van der Waals surface area contributed by atoms with E-state index >= 15 is 0 Å². The summed E-state index contributed by atoms with van der Waals surface area (Å²) in [6.07, 6.45) is 2.83. The molecule has 1 aliphatic heterocycles. The molecule has 0 radical (unpaired) electrons. The Morgan fingerprint density at radius 2 is 2.20 bits per heavy atom. The molecule has 0 saturated carbocycles. The number of fused-ring (bicyclic) bond motifs is 2. The maximum Gasteiger partial charge on any atom is 0.261 e. The Hall–Kier alpha value is -2.41. The van der Waals surface area contributed by atoms with E-state index in [1.54, 1.807) is 11.0 Å². The van der Waals surface area contributed by atoms with Crippen molar-refractivity contribution in [1.29, 1.82) is 0 Å². The normalized spacial score (nSPS) is 17.3. The molecule has 0 spiro atoms. The molecule has 3 heterocycles. The lowest BCUT2D eigenvalue weighted by atomic mass is 10.1. The van der Waals surface area contributed by atoms with Crippen LogP contribution in [0.25, 0.3) is 0 Å². The molecule has 2 N–H and O–H groups in total. The maximum atomic E-state index is 12.9. The van der Waals surface area contributed by atoms with Crippen molar-refractivity contribution < 1.29 is 9.90 Å². The zero-order chi connectivity index (χ0) is 17.6. The molecule has 0 fully saturated rings. The summed E-state index contributed by atoms with van der Waals surface area (Å²) in [4.78, 5) is 29.7. The lowest BCUT2D eigenvalue weighted by Crippen LogP contribution is -2.40. The van der Waals surface area contributed by atoms with Crippen LogP contribution in [0.1, 0.15) is 58.9 Å². The van der Waals surface area contributed by atoms with E-state index in [-0.39, 0.29) is 17.0 Å². The van der Waals surface area contributed by atoms with Crippen molar-refractivity contribution in [3.8, 4) is 0 Å². The number of carbonyl (C=O) groups excluding carboxylic acids is 1. The van der Waals surface area contributed by atoms with Crippen LogP contribution in [0, 0.1) is 0 Å². The fraction of sp³-hybridized carbons (Fsp3) is 0.500. The summed E-state index contributed by atoms with van der Waals surface area (Å²) in [5, 5.41) is 14.4. The van der Waals surface area contributed by atoms with Crippen molar-refractivity contribution in [3.63, 3.8) is 0 Å². The van der Waals surface area contributed by atoms with Gasteiger partial charge in [-0.3, -0.25) is 14.3 Å². The molecule has 1 aliphatic carbocycles. The van der Waals surface area contributed by atoms with Crippen LogP contribution in [0.15, 0.2) is 16.9 Å². The summed E-state index contributed by atoms with van der Waals surface area (Å²) in [6, 6.07) is 3.61. The number of nitrogens with one attached hydrogen (secondary N) is 1. The van der Waals surface area contributed by atoms with Crippen LogP contribution in [0.5, 0.6) is 0 Å². The second kappa shape index (κ2) is 6.15. The number of aromatic amines is 1. The van der Waals surface area contributed by atoms with Gasteiger partial charge in [0.25, 0.3) is 11.5 Å². The summed E-state index contributed by atoms with van der Waals surface area (Å²) in [7, 11) is 0. The Morgan fingerprint density at radius 3 is 3.00 bits per heavy atom. The van der Waals surface area contributed by atoms with E-state index in [0.29, 0.717) is 31.7 Å². The number of hydrogen-bond donors (Lipinski definition) is 2. The number of nitrogens with zero attached hydrogens (tertiary/aromatic N) is 3. The predicted molar refractivity (Wildman–Crippen MR) is 91.3 cm³/mol. The van der Waals surface area contributed by atoms with Gasteiger partial charge in [0, 0.05) is 12.2 Å². The minimum absolute atomic E-state index is 0.224. The van der Waals surface area contributed by atoms with Gasteiger partial charge in [-0.05, 0) is 43.4 Å². The molecule has 1 atom stereocenters. The SMILES string of the molecule is CC[C@H](O)c1cc2n(n1)CCN(C(=O)c1cc3c([nH]c1=O)CCC3)C2. The minimum atomic E-state index is -0.582. The van der Waals surface area contributed by atoms with E-state index < -0.39 is 6.10 Å². The fourth-order valence-corrected chi connectivity index (χ4v) is 3.68. The maximum absolute atomic E-state index is 12.9. The second-order valence-electron chi connectivity index (χ2n) is 6.80. The van der Waals surface area contributed by atoms with Crippen LogP contribution in [0.3, 0.4) is 0 Å². The van der Waals surface area contributed by atoms with Crippen LogP contribution in [0.4, 0.5) is 0 Å². The van der Waals surface area contributed by atoms with Crippen LogP contribution in [0.2, 0.25) is 0 Å². The number of amides is 1. The van der Waals surface area contributed by atoms with E-state index in [0.717, 1.165) is 36.2 Å². The van der Waals surface area contributed by atoms with Crippen molar-refractivity contribution in [3.05, 3.63) is 50.7 Å². The number of hydrogen-bond acceptors (Lipinski definition) is 4. The van der Waals surface area contributed by atoms with Crippen LogP contribution in [-0.2, 0) is 25.9 Å². The number of carbonyl (C=O) groups is 1. The van der Waals surface area contributed by atoms with Gasteiger partial charge in [-0.25, -0.2) is 0 Å². The van der Waals surface area contributed by atoms with E-state index in [1.807, 2.05) is 17.7 Å². The van der Waals surface area contributed by atoms with E-state index in [9.17, 15) is 14.7 Å². The number of rotatable bonds is 3. The molecule has 2 aliphatic rings. The average molecular weight is 342 g/mol. The number of aliphatic hydroxyl groups excluding tert-OH is 1. The number of pyridine rings is 1. The molecule has 7 nitrogen and oxygen atoms in total. The first-order valence-corrected chi connectivity index (χ1v) is 8.86. The van der Waals surface area contributed by atoms with Gasteiger partial charge in [-0.1, -0.05) is 6.92 Å². The lowest BCUT2D eigenvalue weighted by Gasteiger charge is -2.27. The Morgan fingerprint density at radius 1 is 1.36 bits per heavy atom. The number of aryl methyl sites for hydroxylation is 2. The summed E-state index contributed by atoms with van der Waals surface area (Å²) in [6.45, 7) is 3.38. The first kappa shape index (κ1) is 16.1. The second-order valence-corrected chi connectivity index (χ2v) is 6.80. The van der Waals surface area contributed by atoms with Crippen molar-refractivity contribution >= 4 is 5.91 Å². The highest BCUT2D eigenvalue weighted by atomic mass is 16.3. The molecule has 2 aromatic heterocycles. The quantitative estimate of drug-likeness (QED) is 0.876. The molecule has 0 saturated heterocycles. The van der Waals surface area contributed by atoms with E-state index in [2.05, 4.69) is 10.1 Å². The first-order chi connectivity index (χ1) is 12.1. The van der Waals surface area contributed by atoms with Crippen molar-refractivity contribution in [1.82, 2.24) is 19.7 Å². The van der Waals surface area contributed by atoms with Crippen LogP contribution < -0.4 is 5.56 Å². The molecule has 4 rings (SSSR count). The van der Waals surface area contributed by atoms with Crippen LogP contribution in [-0.4, -0.2) is 37.2 Å². The fourth-order valence-electron chi connectivity index (χ4n) is 3.68. The zero-order valence-electron chi connectivity index (χ0n) is 14.3. The van der Waals surface area contributed by atoms with Gasteiger partial charge in [0.1, 0.15) is 5.56 Å². The molecule has 0 unspecified atom stereocenters. The van der Waals surface area contributed by atoms with Gasteiger partial charge in [0.15, 0.2) is 0 Å². The minimum Gasteiger partial charge on any atom is -0.387 e. The van der Waals surface area contributed by atoms with Gasteiger partial charge in [-0.2, -0.15) is 5.10 Å². The summed E-state index contributed by atoms with van der Waals surface area (Å²) in [5.74, 6) is -0.235. The molecule has 132 valence electrons. The van der Waals surface area contributed by atoms with Gasteiger partial charge in [0.2, 0.25) is 0 Å². The molecule has 2 aromatic rings. The van der Waals surface area contributed by atoms with E-state index in [4.69, 9.17) is 0 Å². The highest BCUT2D eigenvalue weighted by Gasteiger charge is 2.27. The van der Waals surface area contributed by atoms with Crippen LogP contribution >= 0.6 is 0 Å². The molecule has 0 aromatic carbocycles. The number of H-pyrrole nitrogens is 1. The highest BCUT2D eigenvalue weighted by Crippen LogP contribution is 2.22. The molecular formula is C18H22N4O3. The van der Waals surface area contributed by atoms with Crippen molar-refractivity contribution in [2.45, 2.75) is 51.8 Å². The summed E-state index contributed by atoms with van der Waals surface area (Å²) in [5.41, 5.74) is 3.51. The Bertz CT molecular complexity index is 883. The molecule has 7 heteroatoms. The van der Waals surface area contributed by atoms with Crippen molar-refractivity contribution in [2.24, 2.45) is 0 Å². The number of aromatic nitrogens is 3. The first-order valence-electron chi connectivity index (χ1n) is 8.86. The molecule has 1 amide bonds. The Labute approximate surface area is 145 Å². The van der Waals surface area contributed by atoms with Gasteiger partial charge < -0.3 is 15.0 Å². The number of aliphatic hydroxyl groups is 1. The highest BCUT2D eigenvalue weighted by molar-refractivity contribution is 5.94. The standard InChI is InChI=1S/C18H22N4O3/c1-2-16(23)15-9-12-10-21(6-7-22(12)20-15)18(25)13-8-11-4-3-5-14(11)19-17(13)24/h8-9,16,23H,2-7,10H2,1H3,(H,19,24)/t16-/m0/s1. The third-order valence-corrected chi connectivity index (χ3v) is 5.15. The smallest absolute Gasteiger partial charge is 0.261 e. The molecule has 25 heavy (non-hydrogen) atoms. The lowest BCUT2D eigenvalue weighted by molar-refractivity contribution is 0.0703. The third-order valence-electron chi connectivity index (χ3n) is 5.15. The third kappa shape index (κ3) is 2.78. The molecule has 0 bridgehead atoms. The molecular weight excluding hydrogens is 320 g/mol. The van der Waals surface area contributed by atoms with Gasteiger partial charge >= 0.3 is 0 Å². The topological polar surface area (TPSA) is 91.2 Å². The summed E-state index contributed by atoms with van der Waals surface area (Å²) < 4.78 is 1.84.